The van der Waals surface area contributed by atoms with Crippen LogP contribution >= 0.6 is 0 Å². The molecular formula is C34H35N3O3. The third-order valence-corrected chi connectivity index (χ3v) is 6.82. The molecule has 1 atom stereocenters. The smallest absolute Gasteiger partial charge is 0.238 e. The van der Waals surface area contributed by atoms with Crippen LogP contribution in [-0.4, -0.2) is 36.8 Å². The first kappa shape index (κ1) is 27.2. The maximum Gasteiger partial charge on any atom is 0.238 e. The lowest BCUT2D eigenvalue weighted by atomic mass is 9.90. The summed E-state index contributed by atoms with van der Waals surface area (Å²) in [5, 5.41) is 3.04. The number of amides is 1. The standard InChI is InChI=1S/C34H35N3O3/c1-4-39-30-20-28-29(21-31(30)40-5-2)36-34(38)32(28)33(26-14-10-7-11-15-26)35-27-18-16-25(17-19-27)23-37(3)22-24-12-8-6-9-13-24/h6-21,32H,4-5,22-23H2,1-3H3,(H,36,38). The van der Waals surface area contributed by atoms with Gasteiger partial charge in [-0.1, -0.05) is 72.8 Å². The largest absolute Gasteiger partial charge is 0.490 e. The van der Waals surface area contributed by atoms with Gasteiger partial charge in [0.1, 0.15) is 5.92 Å². The van der Waals surface area contributed by atoms with Gasteiger partial charge in [-0.3, -0.25) is 14.7 Å². The van der Waals surface area contributed by atoms with Gasteiger partial charge in [-0.15, -0.1) is 0 Å². The highest BCUT2D eigenvalue weighted by Crippen LogP contribution is 2.43. The molecule has 0 spiro atoms. The highest BCUT2D eigenvalue weighted by Gasteiger charge is 2.36. The Kier molecular flexibility index (Phi) is 8.57. The number of carbonyl (C=O) groups excluding carboxylic acids is 1. The molecule has 1 heterocycles. The van der Waals surface area contributed by atoms with Gasteiger partial charge in [0, 0.05) is 24.8 Å². The number of nitrogens with one attached hydrogen (secondary N) is 1. The van der Waals surface area contributed by atoms with E-state index in [0.29, 0.717) is 30.4 Å². The quantitative estimate of drug-likeness (QED) is 0.212. The number of nitrogens with zero attached hydrogens (tertiary/aromatic N) is 2. The molecule has 0 saturated carbocycles. The molecule has 4 aromatic rings. The predicted octanol–water partition coefficient (Wildman–Crippen LogP) is 6.97. The van der Waals surface area contributed by atoms with E-state index in [1.54, 1.807) is 0 Å². The number of ether oxygens (including phenoxy) is 2. The van der Waals surface area contributed by atoms with E-state index < -0.39 is 5.92 Å². The van der Waals surface area contributed by atoms with Crippen LogP contribution in [0, 0.1) is 0 Å². The topological polar surface area (TPSA) is 63.2 Å². The van der Waals surface area contributed by atoms with Gasteiger partial charge in [-0.2, -0.15) is 0 Å². The van der Waals surface area contributed by atoms with Crippen molar-refractivity contribution in [3.8, 4) is 11.5 Å². The van der Waals surface area contributed by atoms with Crippen LogP contribution < -0.4 is 14.8 Å². The molecular weight excluding hydrogens is 498 g/mol. The van der Waals surface area contributed by atoms with Crippen LogP contribution in [0.15, 0.2) is 102 Å². The highest BCUT2D eigenvalue weighted by atomic mass is 16.5. The van der Waals surface area contributed by atoms with Crippen molar-refractivity contribution in [2.24, 2.45) is 4.99 Å². The molecule has 1 N–H and O–H groups in total. The highest BCUT2D eigenvalue weighted by molar-refractivity contribution is 6.24. The Labute approximate surface area is 236 Å². The second-order valence-corrected chi connectivity index (χ2v) is 9.86. The number of fused-ring (bicyclic) bond motifs is 1. The average Bonchev–Trinajstić information content (AvgIpc) is 3.28. The summed E-state index contributed by atoms with van der Waals surface area (Å²) < 4.78 is 11.7. The van der Waals surface area contributed by atoms with Gasteiger partial charge in [0.2, 0.25) is 5.91 Å². The van der Waals surface area contributed by atoms with E-state index in [0.717, 1.165) is 35.6 Å². The zero-order valence-electron chi connectivity index (χ0n) is 23.3. The summed E-state index contributed by atoms with van der Waals surface area (Å²) in [6.07, 6.45) is 0. The van der Waals surface area contributed by atoms with Crippen molar-refractivity contribution in [3.63, 3.8) is 0 Å². The molecule has 0 fully saturated rings. The van der Waals surface area contributed by atoms with Crippen molar-refractivity contribution in [2.75, 3.05) is 25.6 Å². The molecule has 0 bridgehead atoms. The molecule has 0 radical (unpaired) electrons. The van der Waals surface area contributed by atoms with E-state index in [2.05, 4.69) is 53.7 Å². The average molecular weight is 534 g/mol. The van der Waals surface area contributed by atoms with Crippen molar-refractivity contribution in [1.29, 1.82) is 0 Å². The SMILES string of the molecule is CCOc1cc2c(cc1OCC)C(C(=Nc1ccc(CN(C)Cc3ccccc3)cc1)c1ccccc1)C(=O)N2. The van der Waals surface area contributed by atoms with E-state index in [9.17, 15) is 4.79 Å². The fourth-order valence-corrected chi connectivity index (χ4v) is 5.06. The number of carbonyl (C=O) groups is 1. The lowest BCUT2D eigenvalue weighted by Crippen LogP contribution is -2.22. The van der Waals surface area contributed by atoms with Crippen LogP contribution in [0.2, 0.25) is 0 Å². The van der Waals surface area contributed by atoms with Gasteiger partial charge >= 0.3 is 0 Å². The number of anilines is 1. The van der Waals surface area contributed by atoms with Crippen LogP contribution in [-0.2, 0) is 17.9 Å². The Bertz CT molecular complexity index is 1470. The van der Waals surface area contributed by atoms with Crippen molar-refractivity contribution >= 4 is 23.0 Å². The minimum atomic E-state index is -0.580. The van der Waals surface area contributed by atoms with Crippen molar-refractivity contribution in [2.45, 2.75) is 32.9 Å². The molecule has 1 unspecified atom stereocenters. The monoisotopic (exact) mass is 533 g/mol. The van der Waals surface area contributed by atoms with Crippen LogP contribution in [0.4, 0.5) is 11.4 Å². The normalized spacial score (nSPS) is 14.7. The Hall–Kier alpha value is -4.42. The fraction of sp³-hybridized carbons (Fsp3) is 0.235. The van der Waals surface area contributed by atoms with Crippen molar-refractivity contribution < 1.29 is 14.3 Å². The van der Waals surface area contributed by atoms with Gasteiger partial charge in [0.15, 0.2) is 11.5 Å². The molecule has 0 aliphatic carbocycles. The van der Waals surface area contributed by atoms with Gasteiger partial charge in [-0.05, 0) is 61.3 Å². The molecule has 0 aromatic heterocycles. The van der Waals surface area contributed by atoms with E-state index in [1.807, 2.05) is 74.5 Å². The molecule has 1 amide bonds. The molecule has 4 aromatic carbocycles. The van der Waals surface area contributed by atoms with Gasteiger partial charge in [0.25, 0.3) is 0 Å². The minimum Gasteiger partial charge on any atom is -0.490 e. The van der Waals surface area contributed by atoms with E-state index >= 15 is 0 Å². The van der Waals surface area contributed by atoms with E-state index in [-0.39, 0.29) is 5.91 Å². The molecule has 1 aliphatic heterocycles. The lowest BCUT2D eigenvalue weighted by Gasteiger charge is -2.17. The predicted molar refractivity (Wildman–Crippen MR) is 161 cm³/mol. The summed E-state index contributed by atoms with van der Waals surface area (Å²) >= 11 is 0. The summed E-state index contributed by atoms with van der Waals surface area (Å²) in [7, 11) is 2.12. The van der Waals surface area contributed by atoms with Crippen LogP contribution in [0.3, 0.4) is 0 Å². The first-order valence-electron chi connectivity index (χ1n) is 13.8. The Balaban J connectivity index is 1.45. The minimum absolute atomic E-state index is 0.118. The fourth-order valence-electron chi connectivity index (χ4n) is 5.06. The number of aliphatic imine (C=N–C) groups is 1. The molecule has 0 saturated heterocycles. The summed E-state index contributed by atoms with van der Waals surface area (Å²) in [4.78, 5) is 20.8. The first-order valence-corrected chi connectivity index (χ1v) is 13.8. The van der Waals surface area contributed by atoms with Gasteiger partial charge in [-0.25, -0.2) is 0 Å². The summed E-state index contributed by atoms with van der Waals surface area (Å²) in [5.74, 6) is 0.549. The van der Waals surface area contributed by atoms with Crippen LogP contribution in [0.25, 0.3) is 0 Å². The maximum atomic E-state index is 13.4. The number of hydrogen-bond donors (Lipinski definition) is 1. The third kappa shape index (κ3) is 6.24. The second-order valence-electron chi connectivity index (χ2n) is 9.86. The number of hydrogen-bond acceptors (Lipinski definition) is 5. The van der Waals surface area contributed by atoms with E-state index in [4.69, 9.17) is 14.5 Å². The number of rotatable bonds is 11. The lowest BCUT2D eigenvalue weighted by molar-refractivity contribution is -0.115. The van der Waals surface area contributed by atoms with Crippen molar-refractivity contribution in [1.82, 2.24) is 4.90 Å². The summed E-state index contributed by atoms with van der Waals surface area (Å²) in [5.41, 5.74) is 6.43. The van der Waals surface area contributed by atoms with Gasteiger partial charge in [0.05, 0.1) is 24.6 Å². The van der Waals surface area contributed by atoms with E-state index in [1.165, 1.54) is 11.1 Å². The maximum absolute atomic E-state index is 13.4. The molecule has 1 aliphatic rings. The molecule has 6 heteroatoms. The zero-order chi connectivity index (χ0) is 27.9. The third-order valence-electron chi connectivity index (χ3n) is 6.82. The number of benzene rings is 4. The summed E-state index contributed by atoms with van der Waals surface area (Å²) in [6.45, 7) is 6.57. The van der Waals surface area contributed by atoms with Gasteiger partial charge < -0.3 is 14.8 Å². The zero-order valence-corrected chi connectivity index (χ0v) is 23.3. The Morgan fingerprint density at radius 3 is 2.00 bits per heavy atom. The molecule has 40 heavy (non-hydrogen) atoms. The molecule has 6 nitrogen and oxygen atoms in total. The van der Waals surface area contributed by atoms with Crippen molar-refractivity contribution in [3.05, 3.63) is 119 Å². The van der Waals surface area contributed by atoms with Crippen LogP contribution in [0.5, 0.6) is 11.5 Å². The second kappa shape index (κ2) is 12.6. The molecule has 5 rings (SSSR count). The Morgan fingerprint density at radius 2 is 1.38 bits per heavy atom. The first-order chi connectivity index (χ1) is 19.6. The Morgan fingerprint density at radius 1 is 0.800 bits per heavy atom. The molecule has 204 valence electrons. The summed E-state index contributed by atoms with van der Waals surface area (Å²) in [6, 6.07) is 32.4. The van der Waals surface area contributed by atoms with Crippen LogP contribution in [0.1, 0.15) is 42.0 Å².